The predicted octanol–water partition coefficient (Wildman–Crippen LogP) is 4.59. The minimum atomic E-state index is -3.95. The van der Waals surface area contributed by atoms with E-state index < -0.39 is 32.1 Å². The quantitative estimate of drug-likeness (QED) is 0.372. The number of nitrogens with one attached hydrogen (secondary N) is 2. The molecule has 38 heavy (non-hydrogen) atoms. The molecule has 0 fully saturated rings. The van der Waals surface area contributed by atoms with Crippen LogP contribution in [-0.2, 0) is 20.0 Å². The van der Waals surface area contributed by atoms with Crippen LogP contribution in [0.15, 0.2) is 107 Å². The lowest BCUT2D eigenvalue weighted by molar-refractivity contribution is 0.337. The van der Waals surface area contributed by atoms with Gasteiger partial charge in [0, 0.05) is 11.8 Å². The van der Waals surface area contributed by atoms with Crippen molar-refractivity contribution in [2.45, 2.75) is 47.6 Å². The van der Waals surface area contributed by atoms with Gasteiger partial charge in [0.25, 0.3) is 0 Å². The lowest BCUT2D eigenvalue weighted by Gasteiger charge is -2.50. The Labute approximate surface area is 223 Å². The van der Waals surface area contributed by atoms with Crippen LogP contribution in [0.1, 0.15) is 45.2 Å². The standard InChI is InChI=1S/C30H28N2O4S2/c1-19-11-15-21(16-12-19)37(33,34)31-29-27-23-7-3-5-9-25(23)28(26-10-6-4-8-24(26)27)30(29)32-38(35,36)22-17-13-20(2)14-18-22/h3-18,27-32H,1-2H3/t27?,28?,29-,30?/m0/s1. The fourth-order valence-corrected chi connectivity index (χ4v) is 8.43. The molecule has 0 aliphatic heterocycles. The molecule has 2 bridgehead atoms. The molecule has 4 aromatic carbocycles. The van der Waals surface area contributed by atoms with Crippen LogP contribution in [0.3, 0.4) is 0 Å². The van der Waals surface area contributed by atoms with Crippen molar-refractivity contribution in [3.05, 3.63) is 130 Å². The van der Waals surface area contributed by atoms with Gasteiger partial charge in [-0.1, -0.05) is 83.9 Å². The first kappa shape index (κ1) is 25.0. The molecular weight excluding hydrogens is 516 g/mol. The van der Waals surface area contributed by atoms with Gasteiger partial charge in [0.2, 0.25) is 20.0 Å². The van der Waals surface area contributed by atoms with Crippen molar-refractivity contribution in [2.24, 2.45) is 0 Å². The van der Waals surface area contributed by atoms with Crippen molar-refractivity contribution >= 4 is 20.0 Å². The molecule has 2 atom stereocenters. The summed E-state index contributed by atoms with van der Waals surface area (Å²) in [4.78, 5) is 0.289. The van der Waals surface area contributed by atoms with Gasteiger partial charge in [-0.3, -0.25) is 0 Å². The van der Waals surface area contributed by atoms with Gasteiger partial charge >= 0.3 is 0 Å². The van der Waals surface area contributed by atoms with Gasteiger partial charge in [0.05, 0.1) is 21.9 Å². The Morgan fingerprint density at radius 1 is 0.474 bits per heavy atom. The zero-order valence-corrected chi connectivity index (χ0v) is 22.6. The molecule has 2 N–H and O–H groups in total. The van der Waals surface area contributed by atoms with Crippen molar-refractivity contribution in [1.82, 2.24) is 9.44 Å². The molecule has 6 nitrogen and oxygen atoms in total. The molecule has 0 saturated carbocycles. The third-order valence-corrected chi connectivity index (χ3v) is 10.6. The molecule has 0 spiro atoms. The van der Waals surface area contributed by atoms with Gasteiger partial charge in [-0.2, -0.15) is 0 Å². The van der Waals surface area contributed by atoms with Gasteiger partial charge in [0.15, 0.2) is 0 Å². The second kappa shape index (κ2) is 9.17. The zero-order valence-electron chi connectivity index (χ0n) is 21.0. The molecule has 3 aliphatic carbocycles. The number of aryl methyl sites for hydroxylation is 2. The summed E-state index contributed by atoms with van der Waals surface area (Å²) in [5.74, 6) is -0.725. The second-order valence-electron chi connectivity index (χ2n) is 10.1. The van der Waals surface area contributed by atoms with E-state index in [9.17, 15) is 16.8 Å². The SMILES string of the molecule is Cc1ccc(S(=O)(=O)NC2C3c4ccccc4C(c4ccccc43)[C@@H]2NS(=O)(=O)c2ccc(C)cc2)cc1. The van der Waals surface area contributed by atoms with Crippen molar-refractivity contribution < 1.29 is 16.8 Å². The molecule has 0 saturated heterocycles. The van der Waals surface area contributed by atoms with Crippen LogP contribution in [0.5, 0.6) is 0 Å². The number of hydrogen-bond donors (Lipinski definition) is 2. The van der Waals surface area contributed by atoms with Crippen LogP contribution < -0.4 is 9.44 Å². The monoisotopic (exact) mass is 544 g/mol. The van der Waals surface area contributed by atoms with E-state index in [1.165, 1.54) is 0 Å². The summed E-state index contributed by atoms with van der Waals surface area (Å²) >= 11 is 0. The van der Waals surface area contributed by atoms with Crippen molar-refractivity contribution in [2.75, 3.05) is 0 Å². The molecule has 8 heteroatoms. The Morgan fingerprint density at radius 2 is 0.763 bits per heavy atom. The average molecular weight is 545 g/mol. The highest BCUT2D eigenvalue weighted by molar-refractivity contribution is 7.90. The molecule has 194 valence electrons. The van der Waals surface area contributed by atoms with E-state index >= 15 is 0 Å². The maximum absolute atomic E-state index is 13.6. The number of hydrogen-bond acceptors (Lipinski definition) is 4. The van der Waals surface area contributed by atoms with E-state index in [1.54, 1.807) is 48.5 Å². The fourth-order valence-electron chi connectivity index (χ4n) is 5.89. The Bertz CT molecular complexity index is 1550. The number of benzene rings is 4. The molecular formula is C30H28N2O4S2. The van der Waals surface area contributed by atoms with Crippen LogP contribution in [0.2, 0.25) is 0 Å². The number of sulfonamides is 2. The summed E-state index contributed by atoms with van der Waals surface area (Å²) in [6.07, 6.45) is 0. The van der Waals surface area contributed by atoms with Gasteiger partial charge in [-0.15, -0.1) is 0 Å². The second-order valence-corrected chi connectivity index (χ2v) is 13.6. The van der Waals surface area contributed by atoms with E-state index in [4.69, 9.17) is 0 Å². The van der Waals surface area contributed by atoms with Gasteiger partial charge in [0.1, 0.15) is 0 Å². The zero-order chi connectivity index (χ0) is 26.7. The fraction of sp³-hybridized carbons (Fsp3) is 0.200. The topological polar surface area (TPSA) is 92.3 Å². The highest BCUT2D eigenvalue weighted by atomic mass is 32.2. The average Bonchev–Trinajstić information content (AvgIpc) is 2.90. The normalized spacial score (nSPS) is 22.1. The van der Waals surface area contributed by atoms with Crippen LogP contribution in [0.25, 0.3) is 0 Å². The minimum absolute atomic E-state index is 0.145. The summed E-state index contributed by atoms with van der Waals surface area (Å²) in [6.45, 7) is 3.79. The Balaban J connectivity index is 1.50. The summed E-state index contributed by atoms with van der Waals surface area (Å²) in [5, 5.41) is 0. The molecule has 4 aromatic rings. The Morgan fingerprint density at radius 3 is 1.05 bits per heavy atom. The minimum Gasteiger partial charge on any atom is -0.207 e. The highest BCUT2D eigenvalue weighted by Crippen LogP contribution is 2.53. The maximum Gasteiger partial charge on any atom is 0.240 e. The number of fused-ring (bicyclic) bond motifs is 1. The third kappa shape index (κ3) is 4.18. The lowest BCUT2D eigenvalue weighted by Crippen LogP contribution is -2.61. The summed E-state index contributed by atoms with van der Waals surface area (Å²) in [6, 6.07) is 27.7. The predicted molar refractivity (Wildman–Crippen MR) is 147 cm³/mol. The van der Waals surface area contributed by atoms with Gasteiger partial charge in [-0.05, 0) is 60.4 Å². The van der Waals surface area contributed by atoms with E-state index in [2.05, 4.69) is 9.44 Å². The van der Waals surface area contributed by atoms with Crippen molar-refractivity contribution in [1.29, 1.82) is 0 Å². The molecule has 7 rings (SSSR count). The molecule has 1 unspecified atom stereocenters. The molecule has 3 aliphatic rings. The summed E-state index contributed by atoms with van der Waals surface area (Å²) in [5.41, 5.74) is 5.95. The van der Waals surface area contributed by atoms with Crippen molar-refractivity contribution in [3.63, 3.8) is 0 Å². The van der Waals surface area contributed by atoms with E-state index in [0.717, 1.165) is 33.4 Å². The smallest absolute Gasteiger partial charge is 0.207 e. The van der Waals surface area contributed by atoms with Gasteiger partial charge < -0.3 is 0 Å². The van der Waals surface area contributed by atoms with E-state index in [1.807, 2.05) is 62.4 Å². The number of rotatable bonds is 6. The highest BCUT2D eigenvalue weighted by Gasteiger charge is 2.52. The largest absolute Gasteiger partial charge is 0.240 e. The third-order valence-electron chi connectivity index (χ3n) is 7.68. The lowest BCUT2D eigenvalue weighted by atomic mass is 9.59. The molecule has 0 aromatic heterocycles. The van der Waals surface area contributed by atoms with Crippen molar-refractivity contribution in [3.8, 4) is 0 Å². The Kier molecular flexibility index (Phi) is 6.03. The first-order chi connectivity index (χ1) is 18.2. The molecule has 0 heterocycles. The van der Waals surface area contributed by atoms with E-state index in [0.29, 0.717) is 0 Å². The first-order valence-corrected chi connectivity index (χ1v) is 15.5. The van der Waals surface area contributed by atoms with E-state index in [-0.39, 0.29) is 21.6 Å². The van der Waals surface area contributed by atoms with Crippen LogP contribution >= 0.6 is 0 Å². The molecule has 0 amide bonds. The first-order valence-electron chi connectivity index (χ1n) is 12.5. The summed E-state index contributed by atoms with van der Waals surface area (Å²) in [7, 11) is -7.90. The van der Waals surface area contributed by atoms with Crippen LogP contribution in [-0.4, -0.2) is 28.9 Å². The summed E-state index contributed by atoms with van der Waals surface area (Å²) < 4.78 is 60.4. The van der Waals surface area contributed by atoms with Crippen LogP contribution in [0, 0.1) is 13.8 Å². The Hall–Kier alpha value is -3.30. The maximum atomic E-state index is 13.6. The van der Waals surface area contributed by atoms with Crippen LogP contribution in [0.4, 0.5) is 0 Å². The van der Waals surface area contributed by atoms with Gasteiger partial charge in [-0.25, -0.2) is 26.3 Å². The molecule has 0 radical (unpaired) electrons.